The maximum atomic E-state index is 13.9. The molecule has 7 rings (SSSR count). The zero-order chi connectivity index (χ0) is 39.6. The molecule has 4 heterocycles. The Labute approximate surface area is 335 Å². The summed E-state index contributed by atoms with van der Waals surface area (Å²) in [7, 11) is 6.55. The van der Waals surface area contributed by atoms with Gasteiger partial charge in [0.25, 0.3) is 11.8 Å². The van der Waals surface area contributed by atoms with Gasteiger partial charge in [-0.3, -0.25) is 14.6 Å². The molecule has 56 heavy (non-hydrogen) atoms. The number of aliphatic hydroxyl groups is 1. The van der Waals surface area contributed by atoms with Gasteiger partial charge < -0.3 is 38.6 Å². The third kappa shape index (κ3) is 7.94. The minimum Gasteiger partial charge on any atom is -0.493 e. The van der Waals surface area contributed by atoms with Crippen LogP contribution in [-0.2, 0) is 4.74 Å². The van der Waals surface area contributed by atoms with E-state index < -0.39 is 18.4 Å². The second-order valence-corrected chi connectivity index (χ2v) is 17.9. The Morgan fingerprint density at radius 3 is 2.20 bits per heavy atom. The number of amides is 3. The summed E-state index contributed by atoms with van der Waals surface area (Å²) in [6, 6.07) is 5.84. The second-order valence-electron chi connectivity index (χ2n) is 14.8. The van der Waals surface area contributed by atoms with E-state index in [-0.39, 0.29) is 47.0 Å². The van der Waals surface area contributed by atoms with Gasteiger partial charge in [0, 0.05) is 37.2 Å². The number of unbranched alkanes of at least 4 members (excludes halogenated alkanes) is 2. The van der Waals surface area contributed by atoms with E-state index >= 15 is 0 Å². The summed E-state index contributed by atoms with van der Waals surface area (Å²) in [5, 5.41) is 11.7. The van der Waals surface area contributed by atoms with Crippen molar-refractivity contribution in [1.29, 1.82) is 0 Å². The molecular weight excluding hydrogens is 757 g/mol. The molecule has 1 unspecified atom stereocenters. The van der Waals surface area contributed by atoms with Gasteiger partial charge in [-0.2, -0.15) is 0 Å². The fourth-order valence-corrected chi connectivity index (χ4v) is 10.5. The van der Waals surface area contributed by atoms with Gasteiger partial charge in [0.05, 0.1) is 66.8 Å². The molecule has 2 aromatic rings. The molecule has 300 valence electrons. The highest BCUT2D eigenvalue weighted by atomic mass is 33.1. The van der Waals surface area contributed by atoms with Gasteiger partial charge >= 0.3 is 6.09 Å². The van der Waals surface area contributed by atoms with Gasteiger partial charge in [0.15, 0.2) is 29.2 Å². The Balaban J connectivity index is 0.998. The summed E-state index contributed by atoms with van der Waals surface area (Å²) in [6.07, 6.45) is 5.93. The first-order valence-electron chi connectivity index (χ1n) is 19.2. The molecule has 2 saturated heterocycles. The smallest absolute Gasteiger partial charge is 0.416 e. The molecule has 5 aliphatic rings. The molecule has 13 nitrogen and oxygen atoms in total. The van der Waals surface area contributed by atoms with Crippen LogP contribution in [0.5, 0.6) is 23.0 Å². The molecule has 0 spiro atoms. The highest BCUT2D eigenvalue weighted by Crippen LogP contribution is 2.50. The van der Waals surface area contributed by atoms with Crippen molar-refractivity contribution in [2.75, 3.05) is 57.8 Å². The lowest BCUT2D eigenvalue weighted by Crippen LogP contribution is -2.51. The number of benzene rings is 2. The number of rotatable bonds is 15. The van der Waals surface area contributed by atoms with Crippen molar-refractivity contribution in [3.63, 3.8) is 0 Å². The van der Waals surface area contributed by atoms with Crippen LogP contribution in [0.3, 0.4) is 0 Å². The highest BCUT2D eigenvalue weighted by Gasteiger charge is 2.47. The number of nitrogens with zero attached hydrogens (tertiary/aromatic N) is 4. The number of fused-ring (bicyclic) bond motifs is 4. The largest absolute Gasteiger partial charge is 0.493 e. The number of aliphatic hydroxyl groups excluding tert-OH is 1. The molecule has 3 fully saturated rings. The van der Waals surface area contributed by atoms with Gasteiger partial charge in [-0.25, -0.2) is 9.69 Å². The number of carbonyl (C=O) groups is 3. The van der Waals surface area contributed by atoms with Crippen molar-refractivity contribution in [1.82, 2.24) is 9.80 Å². The highest BCUT2D eigenvalue weighted by molar-refractivity contribution is 8.77. The van der Waals surface area contributed by atoms with E-state index in [1.807, 2.05) is 0 Å². The van der Waals surface area contributed by atoms with Crippen molar-refractivity contribution in [3.8, 4) is 23.0 Å². The minimum absolute atomic E-state index is 0.0998. The van der Waals surface area contributed by atoms with Crippen LogP contribution in [0.4, 0.5) is 16.2 Å². The van der Waals surface area contributed by atoms with Crippen molar-refractivity contribution >= 4 is 57.1 Å². The SMILES string of the molecule is C=C1C[C@H]2C=Nc3cc(OCCCCCOc4cc5c(cc4OC)C(=O)N4CC(=C)C[C@H]4C(O)N5C(=O)OCC4(SSCC)CCC4)c(OC)cc3C(=O)N2C1. The van der Waals surface area contributed by atoms with Crippen LogP contribution in [-0.4, -0.2) is 115 Å². The van der Waals surface area contributed by atoms with E-state index in [2.05, 4.69) is 25.1 Å². The van der Waals surface area contributed by atoms with Crippen LogP contribution >= 0.6 is 21.6 Å². The normalized spacial score (nSPS) is 22.1. The zero-order valence-corrected chi connectivity index (χ0v) is 33.9. The van der Waals surface area contributed by atoms with E-state index in [1.165, 1.54) is 12.0 Å². The van der Waals surface area contributed by atoms with Crippen LogP contribution in [0, 0.1) is 0 Å². The fourth-order valence-electron chi connectivity index (χ4n) is 7.80. The van der Waals surface area contributed by atoms with Crippen LogP contribution in [0.15, 0.2) is 53.6 Å². The topological polar surface area (TPSA) is 140 Å². The average molecular weight is 807 g/mol. The number of anilines is 1. The standard InChI is InChI=1S/C41H50N4O9S2/c1-6-55-56-41(11-10-12-41)24-54-40(49)45-31-20-36(34(51-5)18-29(31)38(47)44-23-26(3)16-32(44)39(45)48)53-14-9-7-8-13-52-35-19-30-28(17-33(35)50-4)37(46)43-22-25(2)15-27(43)21-42-30/h17-21,27,32,39,48H,2-3,6-16,22-24H2,1,4-5H3/t27-,32-,39?/m0/s1. The average Bonchev–Trinajstić information content (AvgIpc) is 3.71. The van der Waals surface area contributed by atoms with Crippen molar-refractivity contribution < 1.29 is 43.2 Å². The Morgan fingerprint density at radius 2 is 1.54 bits per heavy atom. The first-order valence-corrected chi connectivity index (χ1v) is 21.5. The molecular formula is C41H50N4O9S2. The molecule has 1 N–H and O–H groups in total. The Morgan fingerprint density at radius 1 is 0.893 bits per heavy atom. The molecule has 3 amide bonds. The predicted octanol–water partition coefficient (Wildman–Crippen LogP) is 7.19. The molecule has 0 aromatic heterocycles. The van der Waals surface area contributed by atoms with E-state index in [0.717, 1.165) is 42.6 Å². The van der Waals surface area contributed by atoms with E-state index in [4.69, 9.17) is 23.7 Å². The lowest BCUT2D eigenvalue weighted by molar-refractivity contribution is 0.0475. The molecule has 1 aliphatic carbocycles. The van der Waals surface area contributed by atoms with E-state index in [9.17, 15) is 19.5 Å². The summed E-state index contributed by atoms with van der Waals surface area (Å²) >= 11 is 0. The summed E-state index contributed by atoms with van der Waals surface area (Å²) < 4.78 is 29.3. The van der Waals surface area contributed by atoms with Crippen LogP contribution in [0.25, 0.3) is 0 Å². The summed E-state index contributed by atoms with van der Waals surface area (Å²) in [5.74, 6) is 2.17. The van der Waals surface area contributed by atoms with Crippen molar-refractivity contribution in [2.24, 2.45) is 4.99 Å². The number of aliphatic imine (C=N–C) groups is 1. The number of hydrogen-bond acceptors (Lipinski definition) is 12. The molecule has 0 bridgehead atoms. The van der Waals surface area contributed by atoms with Crippen molar-refractivity contribution in [2.45, 2.75) is 81.3 Å². The minimum atomic E-state index is -1.36. The number of hydrogen-bond donors (Lipinski definition) is 1. The van der Waals surface area contributed by atoms with E-state index in [0.29, 0.717) is 79.7 Å². The molecule has 4 aliphatic heterocycles. The summed E-state index contributed by atoms with van der Waals surface area (Å²) in [5.41, 5.74) is 3.25. The second kappa shape index (κ2) is 17.0. The number of methoxy groups -OCH3 is 2. The first-order chi connectivity index (χ1) is 27.1. The van der Waals surface area contributed by atoms with Gasteiger partial charge in [-0.05, 0) is 57.1 Å². The molecule has 3 atom stereocenters. The third-order valence-corrected chi connectivity index (χ3v) is 14.3. The Hall–Kier alpha value is -4.34. The van der Waals surface area contributed by atoms with Crippen LogP contribution < -0.4 is 23.8 Å². The quantitative estimate of drug-likeness (QED) is 0.111. The summed E-state index contributed by atoms with van der Waals surface area (Å²) in [4.78, 5) is 50.3. The van der Waals surface area contributed by atoms with Crippen molar-refractivity contribution in [3.05, 3.63) is 59.7 Å². The van der Waals surface area contributed by atoms with Crippen LogP contribution in [0.2, 0.25) is 0 Å². The maximum absolute atomic E-state index is 13.9. The zero-order valence-electron chi connectivity index (χ0n) is 32.3. The molecule has 15 heteroatoms. The maximum Gasteiger partial charge on any atom is 0.416 e. The van der Waals surface area contributed by atoms with Crippen LogP contribution in [0.1, 0.15) is 79.0 Å². The van der Waals surface area contributed by atoms with Gasteiger partial charge in [0.2, 0.25) is 0 Å². The summed E-state index contributed by atoms with van der Waals surface area (Å²) in [6.45, 7) is 11.9. The number of ether oxygens (including phenoxy) is 5. The van der Waals surface area contributed by atoms with Gasteiger partial charge in [-0.15, -0.1) is 0 Å². The Bertz CT molecular complexity index is 1920. The number of carbonyl (C=O) groups excluding carboxylic acids is 3. The lowest BCUT2D eigenvalue weighted by atomic mass is 9.85. The third-order valence-electron chi connectivity index (χ3n) is 11.0. The first kappa shape index (κ1) is 39.9. The van der Waals surface area contributed by atoms with Gasteiger partial charge in [0.1, 0.15) is 6.61 Å². The van der Waals surface area contributed by atoms with E-state index in [1.54, 1.807) is 69.0 Å². The molecule has 2 aromatic carbocycles. The lowest BCUT2D eigenvalue weighted by Gasteiger charge is -2.40. The molecule has 0 radical (unpaired) electrons. The monoisotopic (exact) mass is 806 g/mol. The molecule has 1 saturated carbocycles. The van der Waals surface area contributed by atoms with Gasteiger partial charge in [-0.1, -0.05) is 59.2 Å². The fraction of sp³-hybridized carbons (Fsp3) is 0.512. The Kier molecular flexibility index (Phi) is 12.1. The predicted molar refractivity (Wildman–Crippen MR) is 218 cm³/mol.